The van der Waals surface area contributed by atoms with E-state index in [1.54, 1.807) is 24.3 Å². The van der Waals surface area contributed by atoms with E-state index >= 15 is 0 Å². The number of benzene rings is 1. The summed E-state index contributed by atoms with van der Waals surface area (Å²) in [5.74, 6) is -4.58. The highest BCUT2D eigenvalue weighted by molar-refractivity contribution is 9.10. The van der Waals surface area contributed by atoms with Gasteiger partial charge in [0.05, 0.1) is 0 Å². The van der Waals surface area contributed by atoms with Crippen molar-refractivity contribution < 1.29 is 13.6 Å². The average molecular weight is 278 g/mol. The van der Waals surface area contributed by atoms with E-state index in [0.717, 1.165) is 10.0 Å². The maximum Gasteiger partial charge on any atom is 0.321 e. The first-order chi connectivity index (χ1) is 6.89. The Morgan fingerprint density at radius 3 is 2.40 bits per heavy atom. The van der Waals surface area contributed by atoms with E-state index in [9.17, 15) is 13.6 Å². The molecule has 0 aliphatic heterocycles. The van der Waals surface area contributed by atoms with Crippen LogP contribution < -0.4 is 5.32 Å². The van der Waals surface area contributed by atoms with Gasteiger partial charge in [-0.25, -0.2) is 0 Å². The van der Waals surface area contributed by atoms with Gasteiger partial charge in [0.2, 0.25) is 0 Å². The minimum absolute atomic E-state index is 0.107. The quantitative estimate of drug-likeness (QED) is 0.905. The molecule has 1 aromatic carbocycles. The Morgan fingerprint density at radius 2 is 1.93 bits per heavy atom. The number of hydrogen-bond donors (Lipinski definition) is 1. The summed E-state index contributed by atoms with van der Waals surface area (Å²) in [5, 5.41) is 2.15. The minimum atomic E-state index is -3.32. The number of carbonyl (C=O) groups excluding carboxylic acids is 1. The van der Waals surface area contributed by atoms with Crippen molar-refractivity contribution >= 4 is 21.8 Å². The standard InChI is InChI=1S/C10H10BrF2NO/c1-10(12,13)9(15)14-6-7-2-4-8(11)5-3-7/h2-5H,6H2,1H3,(H,14,15). The molecule has 0 saturated carbocycles. The molecule has 0 saturated heterocycles. The van der Waals surface area contributed by atoms with Crippen LogP contribution in [-0.2, 0) is 11.3 Å². The molecule has 5 heteroatoms. The number of nitrogens with one attached hydrogen (secondary N) is 1. The molecule has 15 heavy (non-hydrogen) atoms. The Balaban J connectivity index is 2.51. The Kier molecular flexibility index (Phi) is 3.79. The molecule has 1 aromatic rings. The van der Waals surface area contributed by atoms with E-state index in [4.69, 9.17) is 0 Å². The molecule has 0 fully saturated rings. The number of hydrogen-bond acceptors (Lipinski definition) is 1. The van der Waals surface area contributed by atoms with Gasteiger partial charge in [-0.05, 0) is 17.7 Å². The summed E-state index contributed by atoms with van der Waals surface area (Å²) >= 11 is 3.25. The van der Waals surface area contributed by atoms with Crippen molar-refractivity contribution in [2.75, 3.05) is 0 Å². The lowest BCUT2D eigenvalue weighted by molar-refractivity contribution is -0.143. The lowest BCUT2D eigenvalue weighted by Crippen LogP contribution is -2.37. The molecule has 0 atom stereocenters. The van der Waals surface area contributed by atoms with Crippen LogP contribution in [0.25, 0.3) is 0 Å². The number of alkyl halides is 2. The molecule has 0 aliphatic rings. The first-order valence-corrected chi connectivity index (χ1v) is 5.09. The van der Waals surface area contributed by atoms with E-state index in [2.05, 4.69) is 21.2 Å². The third-order valence-electron chi connectivity index (χ3n) is 1.77. The van der Waals surface area contributed by atoms with Gasteiger partial charge in [0.15, 0.2) is 0 Å². The molecule has 2 nitrogen and oxygen atoms in total. The maximum atomic E-state index is 12.5. The third kappa shape index (κ3) is 3.95. The van der Waals surface area contributed by atoms with Gasteiger partial charge in [0, 0.05) is 17.9 Å². The van der Waals surface area contributed by atoms with Crippen molar-refractivity contribution in [3.8, 4) is 0 Å². The Morgan fingerprint density at radius 1 is 1.40 bits per heavy atom. The van der Waals surface area contributed by atoms with Gasteiger partial charge in [0.1, 0.15) is 0 Å². The zero-order valence-electron chi connectivity index (χ0n) is 8.06. The predicted molar refractivity (Wildman–Crippen MR) is 56.6 cm³/mol. The Bertz CT molecular complexity index is 345. The number of halogens is 3. The number of amides is 1. The predicted octanol–water partition coefficient (Wildman–Crippen LogP) is 2.72. The monoisotopic (exact) mass is 277 g/mol. The van der Waals surface area contributed by atoms with Crippen molar-refractivity contribution in [1.82, 2.24) is 5.32 Å². The van der Waals surface area contributed by atoms with Gasteiger partial charge in [-0.3, -0.25) is 4.79 Å². The van der Waals surface area contributed by atoms with Gasteiger partial charge in [-0.2, -0.15) is 8.78 Å². The van der Waals surface area contributed by atoms with E-state index in [-0.39, 0.29) is 6.54 Å². The molecule has 82 valence electrons. The largest absolute Gasteiger partial charge is 0.347 e. The zero-order valence-corrected chi connectivity index (χ0v) is 9.64. The molecule has 0 unspecified atom stereocenters. The summed E-state index contributed by atoms with van der Waals surface area (Å²) in [7, 11) is 0. The van der Waals surface area contributed by atoms with Gasteiger partial charge in [-0.1, -0.05) is 28.1 Å². The second-order valence-electron chi connectivity index (χ2n) is 3.20. The first-order valence-electron chi connectivity index (χ1n) is 4.30. The highest BCUT2D eigenvalue weighted by Crippen LogP contribution is 2.13. The Labute approximate surface area is 94.8 Å². The summed E-state index contributed by atoms with van der Waals surface area (Å²) in [6, 6.07) is 7.06. The number of rotatable bonds is 3. The zero-order chi connectivity index (χ0) is 11.5. The van der Waals surface area contributed by atoms with Crippen LogP contribution in [-0.4, -0.2) is 11.8 Å². The minimum Gasteiger partial charge on any atom is -0.347 e. The summed E-state index contributed by atoms with van der Waals surface area (Å²) in [6.07, 6.45) is 0. The van der Waals surface area contributed by atoms with Crippen LogP contribution in [0.1, 0.15) is 12.5 Å². The fourth-order valence-corrected chi connectivity index (χ4v) is 1.20. The first kappa shape index (κ1) is 12.1. The van der Waals surface area contributed by atoms with Gasteiger partial charge in [-0.15, -0.1) is 0 Å². The summed E-state index contributed by atoms with van der Waals surface area (Å²) in [4.78, 5) is 10.8. The van der Waals surface area contributed by atoms with E-state index in [1.807, 2.05) is 0 Å². The molecule has 0 aliphatic carbocycles. The molecule has 1 rings (SSSR count). The van der Waals surface area contributed by atoms with Crippen molar-refractivity contribution in [3.05, 3.63) is 34.3 Å². The van der Waals surface area contributed by atoms with Crippen LogP contribution >= 0.6 is 15.9 Å². The highest BCUT2D eigenvalue weighted by Gasteiger charge is 2.31. The van der Waals surface area contributed by atoms with Gasteiger partial charge in [0.25, 0.3) is 5.91 Å². The van der Waals surface area contributed by atoms with Crippen LogP contribution in [0.3, 0.4) is 0 Å². The Hall–Kier alpha value is -0.970. The lowest BCUT2D eigenvalue weighted by atomic mass is 10.2. The van der Waals surface area contributed by atoms with Crippen molar-refractivity contribution in [2.45, 2.75) is 19.4 Å². The molecular formula is C10H10BrF2NO. The van der Waals surface area contributed by atoms with Crippen LogP contribution in [0, 0.1) is 0 Å². The molecule has 0 heterocycles. The molecule has 1 amide bonds. The van der Waals surface area contributed by atoms with Crippen LogP contribution in [0.15, 0.2) is 28.7 Å². The summed E-state index contributed by atoms with van der Waals surface area (Å²) in [6.45, 7) is 0.680. The number of carbonyl (C=O) groups is 1. The van der Waals surface area contributed by atoms with E-state index in [1.165, 1.54) is 0 Å². The summed E-state index contributed by atoms with van der Waals surface area (Å²) in [5.41, 5.74) is 0.774. The fourth-order valence-electron chi connectivity index (χ4n) is 0.940. The van der Waals surface area contributed by atoms with Crippen molar-refractivity contribution in [3.63, 3.8) is 0 Å². The molecule has 0 aromatic heterocycles. The summed E-state index contributed by atoms with van der Waals surface area (Å²) < 4.78 is 25.8. The van der Waals surface area contributed by atoms with Crippen molar-refractivity contribution in [1.29, 1.82) is 0 Å². The second-order valence-corrected chi connectivity index (χ2v) is 4.11. The lowest BCUT2D eigenvalue weighted by Gasteiger charge is -2.10. The topological polar surface area (TPSA) is 29.1 Å². The molecule has 0 radical (unpaired) electrons. The van der Waals surface area contributed by atoms with Crippen molar-refractivity contribution in [2.24, 2.45) is 0 Å². The molecule has 0 spiro atoms. The maximum absolute atomic E-state index is 12.5. The van der Waals surface area contributed by atoms with Crippen LogP contribution in [0.2, 0.25) is 0 Å². The van der Waals surface area contributed by atoms with E-state index in [0.29, 0.717) is 6.92 Å². The molecule has 0 bridgehead atoms. The van der Waals surface area contributed by atoms with Crippen LogP contribution in [0.4, 0.5) is 8.78 Å². The smallest absolute Gasteiger partial charge is 0.321 e. The fraction of sp³-hybridized carbons (Fsp3) is 0.300. The normalized spacial score (nSPS) is 11.2. The van der Waals surface area contributed by atoms with E-state index < -0.39 is 11.8 Å². The van der Waals surface area contributed by atoms with Gasteiger partial charge < -0.3 is 5.32 Å². The third-order valence-corrected chi connectivity index (χ3v) is 2.29. The van der Waals surface area contributed by atoms with Crippen LogP contribution in [0.5, 0.6) is 0 Å². The van der Waals surface area contributed by atoms with Gasteiger partial charge >= 0.3 is 5.92 Å². The SMILES string of the molecule is CC(F)(F)C(=O)NCc1ccc(Br)cc1. The second kappa shape index (κ2) is 4.70. The highest BCUT2D eigenvalue weighted by atomic mass is 79.9. The molecule has 1 N–H and O–H groups in total. The average Bonchev–Trinajstić information content (AvgIpc) is 2.15. The molecular weight excluding hydrogens is 268 g/mol.